The highest BCUT2D eigenvalue weighted by molar-refractivity contribution is 6.31. The van der Waals surface area contributed by atoms with E-state index in [1.807, 2.05) is 39.0 Å². The molecule has 0 saturated carbocycles. The first-order valence-corrected chi connectivity index (χ1v) is 12.1. The molecule has 1 aromatic heterocycles. The zero-order valence-electron chi connectivity index (χ0n) is 20.0. The molecule has 1 saturated heterocycles. The summed E-state index contributed by atoms with van der Waals surface area (Å²) in [5.41, 5.74) is 1.42. The molecule has 0 bridgehead atoms. The second-order valence-corrected chi connectivity index (χ2v) is 10.6. The maximum absolute atomic E-state index is 13.6. The second kappa shape index (κ2) is 8.41. The van der Waals surface area contributed by atoms with Crippen molar-refractivity contribution in [3.05, 3.63) is 70.4 Å². The molecule has 1 fully saturated rings. The minimum atomic E-state index is -0.678. The maximum Gasteiger partial charge on any atom is 0.339 e. The Hall–Kier alpha value is -3.32. The molecular weight excluding hydrogens is 468 g/mol. The molecule has 7 nitrogen and oxygen atoms in total. The number of piperidine rings is 1. The van der Waals surface area contributed by atoms with E-state index in [1.54, 1.807) is 39.9 Å². The Bertz CT molecular complexity index is 1350. The lowest BCUT2D eigenvalue weighted by molar-refractivity contribution is -0.155. The van der Waals surface area contributed by atoms with Crippen molar-refractivity contribution in [3.63, 3.8) is 0 Å². The van der Waals surface area contributed by atoms with Gasteiger partial charge >= 0.3 is 11.9 Å². The molecule has 35 heavy (non-hydrogen) atoms. The Morgan fingerprint density at radius 2 is 1.83 bits per heavy atom. The average molecular weight is 495 g/mol. The number of benzene rings is 2. The fourth-order valence-corrected chi connectivity index (χ4v) is 5.20. The predicted octanol–water partition coefficient (Wildman–Crippen LogP) is 4.94. The minimum Gasteiger partial charge on any atom is -0.459 e. The Morgan fingerprint density at radius 1 is 1.11 bits per heavy atom. The van der Waals surface area contributed by atoms with Crippen molar-refractivity contribution < 1.29 is 23.9 Å². The van der Waals surface area contributed by atoms with Gasteiger partial charge in [0, 0.05) is 48.1 Å². The molecular formula is C27H27ClN2O5. The molecule has 5 rings (SSSR count). The summed E-state index contributed by atoms with van der Waals surface area (Å²) in [5.74, 6) is -0.829. The molecule has 8 heteroatoms. The van der Waals surface area contributed by atoms with E-state index in [-0.39, 0.29) is 18.4 Å². The van der Waals surface area contributed by atoms with E-state index >= 15 is 0 Å². The largest absolute Gasteiger partial charge is 0.459 e. The molecule has 2 aliphatic rings. The molecule has 0 N–H and O–H groups in total. The summed E-state index contributed by atoms with van der Waals surface area (Å²) in [7, 11) is 0. The van der Waals surface area contributed by atoms with Gasteiger partial charge < -0.3 is 18.9 Å². The van der Waals surface area contributed by atoms with Crippen LogP contribution in [0.5, 0.6) is 0 Å². The van der Waals surface area contributed by atoms with Crippen LogP contribution in [0.2, 0.25) is 5.02 Å². The Labute approximate surface area is 208 Å². The molecule has 0 aliphatic carbocycles. The van der Waals surface area contributed by atoms with Gasteiger partial charge in [0.2, 0.25) is 0 Å². The van der Waals surface area contributed by atoms with Gasteiger partial charge in [0.15, 0.2) is 0 Å². The molecule has 3 aromatic rings. The third kappa shape index (κ3) is 4.29. The standard InChI is InChI=1S/C27H27ClN2O5/c1-26(2,3)34-23(31)16-30-15-20(18-9-8-17(28)14-22(18)30)24(32)29-12-10-27(11-13-29)21-7-5-4-6-19(21)25(33)35-27/h4-9,14-15H,10-13,16H2,1-3H3. The highest BCUT2D eigenvalue weighted by atomic mass is 35.5. The summed E-state index contributed by atoms with van der Waals surface area (Å²) < 4.78 is 13.0. The monoisotopic (exact) mass is 494 g/mol. The quantitative estimate of drug-likeness (QED) is 0.482. The number of halogens is 1. The van der Waals surface area contributed by atoms with Crippen LogP contribution in [0.15, 0.2) is 48.7 Å². The van der Waals surface area contributed by atoms with Crippen molar-refractivity contribution >= 4 is 40.3 Å². The van der Waals surface area contributed by atoms with E-state index in [4.69, 9.17) is 21.1 Å². The van der Waals surface area contributed by atoms with Crippen molar-refractivity contribution in [3.8, 4) is 0 Å². The van der Waals surface area contributed by atoms with Gasteiger partial charge in [0.1, 0.15) is 17.7 Å². The van der Waals surface area contributed by atoms with Crippen LogP contribution in [0.4, 0.5) is 0 Å². The zero-order valence-corrected chi connectivity index (χ0v) is 20.7. The first kappa shape index (κ1) is 23.4. The van der Waals surface area contributed by atoms with Gasteiger partial charge in [-0.25, -0.2) is 4.79 Å². The molecule has 1 amide bonds. The van der Waals surface area contributed by atoms with Crippen LogP contribution in [0, 0.1) is 0 Å². The number of rotatable bonds is 3. The van der Waals surface area contributed by atoms with Crippen molar-refractivity contribution in [1.82, 2.24) is 9.47 Å². The maximum atomic E-state index is 13.6. The smallest absolute Gasteiger partial charge is 0.339 e. The lowest BCUT2D eigenvalue weighted by Crippen LogP contribution is -2.45. The van der Waals surface area contributed by atoms with Crippen LogP contribution in [-0.2, 0) is 26.4 Å². The van der Waals surface area contributed by atoms with Crippen LogP contribution < -0.4 is 0 Å². The fraction of sp³-hybridized carbons (Fsp3) is 0.370. The average Bonchev–Trinajstić information content (AvgIpc) is 3.28. The van der Waals surface area contributed by atoms with Crippen molar-refractivity contribution in [2.24, 2.45) is 0 Å². The molecule has 3 heterocycles. The van der Waals surface area contributed by atoms with Gasteiger partial charge in [0.05, 0.1) is 16.6 Å². The summed E-state index contributed by atoms with van der Waals surface area (Å²) in [6.07, 6.45) is 2.76. The van der Waals surface area contributed by atoms with Crippen LogP contribution in [0.25, 0.3) is 10.9 Å². The number of esters is 2. The summed E-state index contributed by atoms with van der Waals surface area (Å²) in [5, 5.41) is 1.24. The first-order chi connectivity index (χ1) is 16.6. The van der Waals surface area contributed by atoms with E-state index in [9.17, 15) is 14.4 Å². The summed E-state index contributed by atoms with van der Waals surface area (Å²) >= 11 is 6.23. The molecule has 1 spiro atoms. The highest BCUT2D eigenvalue weighted by Gasteiger charge is 2.47. The van der Waals surface area contributed by atoms with Crippen molar-refractivity contribution in [1.29, 1.82) is 0 Å². The topological polar surface area (TPSA) is 77.8 Å². The van der Waals surface area contributed by atoms with Gasteiger partial charge in [-0.1, -0.05) is 35.9 Å². The number of aromatic nitrogens is 1. The predicted molar refractivity (Wildman–Crippen MR) is 131 cm³/mol. The molecule has 2 aliphatic heterocycles. The molecule has 0 atom stereocenters. The normalized spacial score (nSPS) is 16.9. The number of carbonyl (C=O) groups excluding carboxylic acids is 3. The van der Waals surface area contributed by atoms with Crippen LogP contribution >= 0.6 is 11.6 Å². The third-order valence-electron chi connectivity index (χ3n) is 6.58. The van der Waals surface area contributed by atoms with Crippen molar-refractivity contribution in [2.75, 3.05) is 13.1 Å². The minimum absolute atomic E-state index is 0.0305. The molecule has 2 aromatic carbocycles. The first-order valence-electron chi connectivity index (χ1n) is 11.7. The van der Waals surface area contributed by atoms with E-state index in [2.05, 4.69) is 0 Å². The van der Waals surface area contributed by atoms with E-state index < -0.39 is 17.2 Å². The van der Waals surface area contributed by atoms with E-state index in [0.29, 0.717) is 47.6 Å². The van der Waals surface area contributed by atoms with Gasteiger partial charge in [-0.3, -0.25) is 9.59 Å². The van der Waals surface area contributed by atoms with Gasteiger partial charge in [-0.05, 0) is 39.0 Å². The van der Waals surface area contributed by atoms with Crippen LogP contribution in [0.3, 0.4) is 0 Å². The third-order valence-corrected chi connectivity index (χ3v) is 6.81. The Kier molecular flexibility index (Phi) is 5.63. The molecule has 0 radical (unpaired) electrons. The van der Waals surface area contributed by atoms with Crippen LogP contribution in [0.1, 0.15) is 59.9 Å². The van der Waals surface area contributed by atoms with Gasteiger partial charge in [-0.2, -0.15) is 0 Å². The number of nitrogens with zero attached hydrogens (tertiary/aromatic N) is 2. The summed E-state index contributed by atoms with van der Waals surface area (Å²) in [4.78, 5) is 40.2. The fourth-order valence-electron chi connectivity index (χ4n) is 5.04. The Morgan fingerprint density at radius 3 is 2.54 bits per heavy atom. The number of ether oxygens (including phenoxy) is 2. The number of likely N-dealkylation sites (tertiary alicyclic amines) is 1. The lowest BCUT2D eigenvalue weighted by Gasteiger charge is -2.38. The van der Waals surface area contributed by atoms with E-state index in [0.717, 1.165) is 10.9 Å². The number of amides is 1. The molecule has 182 valence electrons. The number of fused-ring (bicyclic) bond motifs is 3. The molecule has 0 unspecified atom stereocenters. The van der Waals surface area contributed by atoms with E-state index in [1.165, 1.54) is 0 Å². The van der Waals surface area contributed by atoms with Gasteiger partial charge in [-0.15, -0.1) is 0 Å². The Balaban J connectivity index is 1.39. The van der Waals surface area contributed by atoms with Gasteiger partial charge in [0.25, 0.3) is 5.91 Å². The summed E-state index contributed by atoms with van der Waals surface area (Å²) in [6.45, 7) is 6.31. The van der Waals surface area contributed by atoms with Crippen LogP contribution in [-0.4, -0.2) is 46.0 Å². The second-order valence-electron chi connectivity index (χ2n) is 10.1. The highest BCUT2D eigenvalue weighted by Crippen LogP contribution is 2.44. The lowest BCUT2D eigenvalue weighted by atomic mass is 9.83. The van der Waals surface area contributed by atoms with Crippen molar-refractivity contribution in [2.45, 2.75) is 51.4 Å². The SMILES string of the molecule is CC(C)(C)OC(=O)Cn1cc(C(=O)N2CCC3(CC2)OC(=O)c2ccccc23)c2ccc(Cl)cc21. The summed E-state index contributed by atoms with van der Waals surface area (Å²) in [6, 6.07) is 12.7. The number of hydrogen-bond acceptors (Lipinski definition) is 5. The number of hydrogen-bond donors (Lipinski definition) is 0. The number of carbonyl (C=O) groups is 3. The zero-order chi connectivity index (χ0) is 25.0.